The normalized spacial score (nSPS) is 12.5. The molecule has 0 rings (SSSR count). The highest BCUT2D eigenvalue weighted by Crippen LogP contribution is 2.01. The van der Waals surface area contributed by atoms with Crippen molar-refractivity contribution in [2.45, 2.75) is 13.3 Å². The van der Waals surface area contributed by atoms with Gasteiger partial charge in [0.1, 0.15) is 12.5 Å². The number of ketones is 1. The molecule has 0 bridgehead atoms. The van der Waals surface area contributed by atoms with Gasteiger partial charge in [-0.1, -0.05) is 18.2 Å². The van der Waals surface area contributed by atoms with Crippen LogP contribution in [0.15, 0.2) is 29.0 Å². The minimum atomic E-state index is -0.408. The number of hydrogen-bond acceptors (Lipinski definition) is 4. The zero-order valence-electron chi connectivity index (χ0n) is 7.30. The fourth-order valence-electron chi connectivity index (χ4n) is 0.708. The van der Waals surface area contributed by atoms with Crippen molar-refractivity contribution in [3.8, 4) is 0 Å². The fraction of sp³-hybridized carbons (Fsp3) is 0.222. The van der Waals surface area contributed by atoms with Gasteiger partial charge in [0.15, 0.2) is 5.78 Å². The second-order valence-corrected chi connectivity index (χ2v) is 2.21. The van der Waals surface area contributed by atoms with Crippen molar-refractivity contribution in [2.24, 2.45) is 5.16 Å². The van der Waals surface area contributed by atoms with Gasteiger partial charge in [0.05, 0.1) is 0 Å². The Hall–Kier alpha value is -1.71. The second kappa shape index (κ2) is 6.97. The van der Waals surface area contributed by atoms with Gasteiger partial charge >= 0.3 is 0 Å². The Morgan fingerprint density at radius 3 is 2.69 bits per heavy atom. The molecule has 70 valence electrons. The standard InChI is InChI=1S/C9H11NO3/c1-2-8(4-3-5-11)6-9(12)7-10-13/h3-7,13H,2H2,1H3/b4-3+,8-6+,10-7?. The molecule has 4 heteroatoms. The van der Waals surface area contributed by atoms with Crippen LogP contribution in [0.5, 0.6) is 0 Å². The number of carbonyl (C=O) groups is 2. The molecule has 0 aliphatic heterocycles. The summed E-state index contributed by atoms with van der Waals surface area (Å²) in [6.45, 7) is 1.85. The highest BCUT2D eigenvalue weighted by Gasteiger charge is 1.94. The number of carbonyl (C=O) groups excluding carboxylic acids is 2. The predicted molar refractivity (Wildman–Crippen MR) is 48.9 cm³/mol. The van der Waals surface area contributed by atoms with E-state index in [-0.39, 0.29) is 0 Å². The van der Waals surface area contributed by atoms with Gasteiger partial charge in [-0.15, -0.1) is 0 Å². The maximum absolute atomic E-state index is 10.9. The van der Waals surface area contributed by atoms with Gasteiger partial charge in [0.2, 0.25) is 0 Å². The van der Waals surface area contributed by atoms with Crippen molar-refractivity contribution in [3.05, 3.63) is 23.8 Å². The van der Waals surface area contributed by atoms with Crippen LogP contribution in [0, 0.1) is 0 Å². The van der Waals surface area contributed by atoms with Gasteiger partial charge in [0, 0.05) is 0 Å². The largest absolute Gasteiger partial charge is 0.411 e. The van der Waals surface area contributed by atoms with Crippen LogP contribution in [0.4, 0.5) is 0 Å². The topological polar surface area (TPSA) is 66.7 Å². The summed E-state index contributed by atoms with van der Waals surface area (Å²) >= 11 is 0. The number of hydrogen-bond donors (Lipinski definition) is 1. The van der Waals surface area contributed by atoms with E-state index in [0.29, 0.717) is 18.3 Å². The van der Waals surface area contributed by atoms with E-state index in [2.05, 4.69) is 5.16 Å². The van der Waals surface area contributed by atoms with Crippen LogP contribution in [0.25, 0.3) is 0 Å². The lowest BCUT2D eigenvalue weighted by molar-refractivity contribution is -0.108. The molecule has 0 aliphatic carbocycles. The molecule has 0 aromatic carbocycles. The van der Waals surface area contributed by atoms with E-state index in [9.17, 15) is 9.59 Å². The lowest BCUT2D eigenvalue weighted by Crippen LogP contribution is -1.95. The first-order valence-corrected chi connectivity index (χ1v) is 3.78. The van der Waals surface area contributed by atoms with E-state index in [0.717, 1.165) is 6.21 Å². The lowest BCUT2D eigenvalue weighted by atomic mass is 10.1. The molecule has 0 fully saturated rings. The SMILES string of the molecule is CCC(/C=C/C=O)=C\C(=O)C=NO. The minimum Gasteiger partial charge on any atom is -0.411 e. The van der Waals surface area contributed by atoms with Gasteiger partial charge in [-0.2, -0.15) is 0 Å². The highest BCUT2D eigenvalue weighted by atomic mass is 16.4. The molecule has 4 nitrogen and oxygen atoms in total. The molecule has 0 heterocycles. The smallest absolute Gasteiger partial charge is 0.200 e. The fourth-order valence-corrected chi connectivity index (χ4v) is 0.708. The number of rotatable bonds is 5. The Labute approximate surface area is 76.2 Å². The number of nitrogens with zero attached hydrogens (tertiary/aromatic N) is 1. The van der Waals surface area contributed by atoms with Crippen molar-refractivity contribution in [2.75, 3.05) is 0 Å². The van der Waals surface area contributed by atoms with E-state index in [1.165, 1.54) is 18.2 Å². The minimum absolute atomic E-state index is 0.408. The van der Waals surface area contributed by atoms with Gasteiger partial charge < -0.3 is 5.21 Å². The van der Waals surface area contributed by atoms with Crippen LogP contribution in [0.1, 0.15) is 13.3 Å². The molecular weight excluding hydrogens is 170 g/mol. The Morgan fingerprint density at radius 2 is 2.23 bits per heavy atom. The summed E-state index contributed by atoms with van der Waals surface area (Å²) in [6, 6.07) is 0. The molecular formula is C9H11NO3. The summed E-state index contributed by atoms with van der Waals surface area (Å²) in [6.07, 6.45) is 6.21. The van der Waals surface area contributed by atoms with Crippen LogP contribution < -0.4 is 0 Å². The Kier molecular flexibility index (Phi) is 6.05. The number of allylic oxidation sites excluding steroid dienone is 4. The van der Waals surface area contributed by atoms with Crippen LogP contribution in [0.3, 0.4) is 0 Å². The van der Waals surface area contributed by atoms with Crippen molar-refractivity contribution in [3.63, 3.8) is 0 Å². The summed E-state index contributed by atoms with van der Waals surface area (Å²) in [5.41, 5.74) is 0.706. The third-order valence-corrected chi connectivity index (χ3v) is 1.31. The quantitative estimate of drug-likeness (QED) is 0.172. The highest BCUT2D eigenvalue weighted by molar-refractivity contribution is 6.32. The molecule has 0 unspecified atom stereocenters. The first kappa shape index (κ1) is 11.3. The predicted octanol–water partition coefficient (Wildman–Crippen LogP) is 1.11. The summed E-state index contributed by atoms with van der Waals surface area (Å²) in [4.78, 5) is 20.8. The molecule has 13 heavy (non-hydrogen) atoms. The molecule has 0 atom stereocenters. The zero-order valence-corrected chi connectivity index (χ0v) is 7.30. The van der Waals surface area contributed by atoms with Gasteiger partial charge in [-0.3, -0.25) is 9.59 Å². The maximum atomic E-state index is 10.9. The summed E-state index contributed by atoms with van der Waals surface area (Å²) in [5.74, 6) is -0.408. The molecule has 0 spiro atoms. The van der Waals surface area contributed by atoms with Gasteiger partial charge in [-0.05, 0) is 24.1 Å². The molecule has 0 aromatic heterocycles. The molecule has 0 saturated carbocycles. The molecule has 0 radical (unpaired) electrons. The third kappa shape index (κ3) is 5.55. The van der Waals surface area contributed by atoms with E-state index in [4.69, 9.17) is 5.21 Å². The molecule has 1 N–H and O–H groups in total. The van der Waals surface area contributed by atoms with E-state index < -0.39 is 5.78 Å². The first-order chi connectivity index (χ1) is 6.24. The Bertz CT molecular complexity index is 264. The average molecular weight is 181 g/mol. The van der Waals surface area contributed by atoms with E-state index >= 15 is 0 Å². The van der Waals surface area contributed by atoms with Gasteiger partial charge in [0.25, 0.3) is 0 Å². The molecule has 0 amide bonds. The van der Waals surface area contributed by atoms with E-state index in [1.807, 2.05) is 6.92 Å². The Balaban J connectivity index is 4.46. The zero-order chi connectivity index (χ0) is 10.1. The van der Waals surface area contributed by atoms with Crippen LogP contribution >= 0.6 is 0 Å². The number of aldehydes is 1. The van der Waals surface area contributed by atoms with Crippen molar-refractivity contribution in [1.29, 1.82) is 0 Å². The molecule has 0 saturated heterocycles. The third-order valence-electron chi connectivity index (χ3n) is 1.31. The Morgan fingerprint density at radius 1 is 1.54 bits per heavy atom. The molecule has 0 aliphatic rings. The lowest BCUT2D eigenvalue weighted by Gasteiger charge is -1.92. The second-order valence-electron chi connectivity index (χ2n) is 2.21. The van der Waals surface area contributed by atoms with Crippen molar-refractivity contribution < 1.29 is 14.8 Å². The van der Waals surface area contributed by atoms with Crippen molar-refractivity contribution in [1.82, 2.24) is 0 Å². The number of oxime groups is 1. The maximum Gasteiger partial charge on any atom is 0.200 e. The average Bonchev–Trinajstić information content (AvgIpc) is 2.12. The van der Waals surface area contributed by atoms with E-state index in [1.54, 1.807) is 0 Å². The molecule has 0 aromatic rings. The van der Waals surface area contributed by atoms with Crippen LogP contribution in [-0.2, 0) is 9.59 Å². The monoisotopic (exact) mass is 181 g/mol. The van der Waals surface area contributed by atoms with Gasteiger partial charge in [-0.25, -0.2) is 0 Å². The summed E-state index contributed by atoms with van der Waals surface area (Å²) < 4.78 is 0. The van der Waals surface area contributed by atoms with Crippen molar-refractivity contribution >= 4 is 18.3 Å². The first-order valence-electron chi connectivity index (χ1n) is 3.78. The van der Waals surface area contributed by atoms with Crippen LogP contribution in [-0.4, -0.2) is 23.5 Å². The summed E-state index contributed by atoms with van der Waals surface area (Å²) in [5, 5.41) is 10.6. The summed E-state index contributed by atoms with van der Waals surface area (Å²) in [7, 11) is 0. The van der Waals surface area contributed by atoms with Crippen LogP contribution in [0.2, 0.25) is 0 Å².